The number of hydrogen-bond donors (Lipinski definition) is 0. The summed E-state index contributed by atoms with van der Waals surface area (Å²) in [7, 11) is 3.32. The van der Waals surface area contributed by atoms with Crippen LogP contribution in [0.5, 0.6) is 0 Å². The van der Waals surface area contributed by atoms with Gasteiger partial charge in [0.25, 0.3) is 0 Å². The second kappa shape index (κ2) is 6.76. The highest BCUT2D eigenvalue weighted by Crippen LogP contribution is 2.15. The van der Waals surface area contributed by atoms with Crippen molar-refractivity contribution in [3.05, 3.63) is 0 Å². The number of hydrogen-bond acceptors (Lipinski definition) is 3. The van der Waals surface area contributed by atoms with Crippen molar-refractivity contribution in [2.24, 2.45) is 0 Å². The first-order valence-corrected chi connectivity index (χ1v) is 5.39. The van der Waals surface area contributed by atoms with Gasteiger partial charge in [-0.05, 0) is 13.8 Å². The molecule has 0 aromatic carbocycles. The fraction of sp³-hybridized carbons (Fsp3) is 1.00. The molecule has 0 bridgehead atoms. The number of ether oxygens (including phenoxy) is 3. The predicted octanol–water partition coefficient (Wildman–Crippen LogP) is 1.84. The summed E-state index contributed by atoms with van der Waals surface area (Å²) in [6.07, 6.45) is 0.00236. The molecule has 3 nitrogen and oxygen atoms in total. The molecule has 0 spiro atoms. The van der Waals surface area contributed by atoms with Crippen molar-refractivity contribution in [1.82, 2.24) is 0 Å². The van der Waals surface area contributed by atoms with E-state index in [0.717, 1.165) is 5.33 Å². The molecule has 0 amide bonds. The second-order valence-electron chi connectivity index (χ2n) is 3.54. The molecule has 0 radical (unpaired) electrons. The molecule has 0 unspecified atom stereocenters. The summed E-state index contributed by atoms with van der Waals surface area (Å²) in [5, 5.41) is 0.796. The quantitative estimate of drug-likeness (QED) is 0.650. The Kier molecular flexibility index (Phi) is 6.95. The lowest BCUT2D eigenvalue weighted by atomic mass is 10.2. The Hall–Kier alpha value is 0.360. The van der Waals surface area contributed by atoms with Gasteiger partial charge < -0.3 is 14.2 Å². The van der Waals surface area contributed by atoms with Gasteiger partial charge in [0.2, 0.25) is 0 Å². The van der Waals surface area contributed by atoms with E-state index in [4.69, 9.17) is 14.2 Å². The van der Waals surface area contributed by atoms with Crippen molar-refractivity contribution in [3.8, 4) is 0 Å². The maximum absolute atomic E-state index is 5.77. The molecule has 0 aliphatic carbocycles. The largest absolute Gasteiger partial charge is 0.382 e. The molecular weight excluding hydrogens is 236 g/mol. The summed E-state index contributed by atoms with van der Waals surface area (Å²) >= 11 is 3.39. The van der Waals surface area contributed by atoms with Gasteiger partial charge in [-0.1, -0.05) is 15.9 Å². The first kappa shape index (κ1) is 13.4. The van der Waals surface area contributed by atoms with E-state index in [9.17, 15) is 0 Å². The minimum absolute atomic E-state index is 0.00236. The number of rotatable bonds is 7. The molecule has 0 atom stereocenters. The molecule has 0 aliphatic rings. The Morgan fingerprint density at radius 2 is 1.62 bits per heavy atom. The van der Waals surface area contributed by atoms with Crippen LogP contribution in [0.1, 0.15) is 13.8 Å². The van der Waals surface area contributed by atoms with E-state index in [1.165, 1.54) is 0 Å². The Morgan fingerprint density at radius 1 is 1.15 bits per heavy atom. The van der Waals surface area contributed by atoms with Gasteiger partial charge in [-0.25, -0.2) is 0 Å². The fourth-order valence-electron chi connectivity index (χ4n) is 0.971. The molecule has 0 rings (SSSR count). The molecular formula is C9H19BrO3. The Morgan fingerprint density at radius 3 is 1.92 bits per heavy atom. The lowest BCUT2D eigenvalue weighted by Crippen LogP contribution is -2.36. The first-order valence-electron chi connectivity index (χ1n) is 4.27. The summed E-state index contributed by atoms with van der Waals surface area (Å²) in [5.74, 6) is 0. The van der Waals surface area contributed by atoms with Crippen LogP contribution in [0, 0.1) is 0 Å². The molecule has 0 heterocycles. The Bertz CT molecular complexity index is 122. The van der Waals surface area contributed by atoms with Crippen LogP contribution in [0.2, 0.25) is 0 Å². The number of methoxy groups -OCH3 is 2. The first-order chi connectivity index (χ1) is 6.05. The van der Waals surface area contributed by atoms with Crippen molar-refractivity contribution >= 4 is 15.9 Å². The van der Waals surface area contributed by atoms with E-state index < -0.39 is 0 Å². The predicted molar refractivity (Wildman–Crippen MR) is 56.5 cm³/mol. The molecule has 0 saturated heterocycles. The summed E-state index contributed by atoms with van der Waals surface area (Å²) < 4.78 is 15.8. The average Bonchev–Trinajstić information content (AvgIpc) is 2.05. The summed E-state index contributed by atoms with van der Waals surface area (Å²) in [4.78, 5) is 0. The van der Waals surface area contributed by atoms with E-state index in [0.29, 0.717) is 13.2 Å². The van der Waals surface area contributed by atoms with E-state index in [2.05, 4.69) is 15.9 Å². The van der Waals surface area contributed by atoms with E-state index in [1.807, 2.05) is 13.8 Å². The minimum Gasteiger partial charge on any atom is -0.382 e. The van der Waals surface area contributed by atoms with Crippen molar-refractivity contribution in [1.29, 1.82) is 0 Å². The van der Waals surface area contributed by atoms with Crippen LogP contribution in [-0.2, 0) is 14.2 Å². The van der Waals surface area contributed by atoms with Gasteiger partial charge in [-0.2, -0.15) is 0 Å². The van der Waals surface area contributed by atoms with Crippen LogP contribution >= 0.6 is 15.9 Å². The zero-order valence-corrected chi connectivity index (χ0v) is 10.4. The molecule has 4 heteroatoms. The second-order valence-corrected chi connectivity index (χ2v) is 4.10. The van der Waals surface area contributed by atoms with Gasteiger partial charge in [0, 0.05) is 19.5 Å². The molecule has 0 aromatic heterocycles. The summed E-state index contributed by atoms with van der Waals surface area (Å²) in [5.41, 5.74) is -0.179. The van der Waals surface area contributed by atoms with Gasteiger partial charge in [-0.3, -0.25) is 0 Å². The number of halogens is 1. The SMILES string of the molecule is COCC(COC)OC(C)(C)CBr. The average molecular weight is 255 g/mol. The minimum atomic E-state index is -0.179. The Balaban J connectivity index is 3.92. The third-order valence-electron chi connectivity index (χ3n) is 1.51. The summed E-state index contributed by atoms with van der Waals surface area (Å²) in [6, 6.07) is 0. The van der Waals surface area contributed by atoms with Crippen LogP contribution in [-0.4, -0.2) is 44.5 Å². The molecule has 13 heavy (non-hydrogen) atoms. The van der Waals surface area contributed by atoms with Crippen molar-refractivity contribution in [2.75, 3.05) is 32.8 Å². The molecule has 0 aliphatic heterocycles. The number of alkyl halides is 1. The lowest BCUT2D eigenvalue weighted by molar-refractivity contribution is -0.107. The zero-order chi connectivity index (χ0) is 10.3. The van der Waals surface area contributed by atoms with Crippen LogP contribution in [0.3, 0.4) is 0 Å². The van der Waals surface area contributed by atoms with Crippen LogP contribution in [0.4, 0.5) is 0 Å². The van der Waals surface area contributed by atoms with Crippen molar-refractivity contribution in [2.45, 2.75) is 25.6 Å². The van der Waals surface area contributed by atoms with E-state index in [1.54, 1.807) is 14.2 Å². The standard InChI is InChI=1S/C9H19BrO3/c1-9(2,7-10)13-8(5-11-3)6-12-4/h8H,5-7H2,1-4H3. The fourth-order valence-corrected chi connectivity index (χ4v) is 1.10. The van der Waals surface area contributed by atoms with Crippen LogP contribution < -0.4 is 0 Å². The highest BCUT2D eigenvalue weighted by Gasteiger charge is 2.22. The highest BCUT2D eigenvalue weighted by atomic mass is 79.9. The summed E-state index contributed by atoms with van der Waals surface area (Å²) in [6.45, 7) is 5.18. The third-order valence-corrected chi connectivity index (χ3v) is 2.86. The maximum Gasteiger partial charge on any atom is 0.105 e. The highest BCUT2D eigenvalue weighted by molar-refractivity contribution is 9.09. The molecule has 80 valence electrons. The van der Waals surface area contributed by atoms with Crippen LogP contribution in [0.25, 0.3) is 0 Å². The Labute approximate surface area is 88.9 Å². The van der Waals surface area contributed by atoms with Crippen LogP contribution in [0.15, 0.2) is 0 Å². The normalized spacial score (nSPS) is 12.5. The van der Waals surface area contributed by atoms with Gasteiger partial charge in [0.05, 0.1) is 18.8 Å². The van der Waals surface area contributed by atoms with Gasteiger partial charge in [0.15, 0.2) is 0 Å². The van der Waals surface area contributed by atoms with E-state index >= 15 is 0 Å². The van der Waals surface area contributed by atoms with E-state index in [-0.39, 0.29) is 11.7 Å². The van der Waals surface area contributed by atoms with Gasteiger partial charge in [-0.15, -0.1) is 0 Å². The maximum atomic E-state index is 5.77. The molecule has 0 fully saturated rings. The van der Waals surface area contributed by atoms with Gasteiger partial charge >= 0.3 is 0 Å². The molecule has 0 aromatic rings. The van der Waals surface area contributed by atoms with Crippen molar-refractivity contribution < 1.29 is 14.2 Å². The monoisotopic (exact) mass is 254 g/mol. The smallest absolute Gasteiger partial charge is 0.105 e. The lowest BCUT2D eigenvalue weighted by Gasteiger charge is -2.28. The molecule has 0 saturated carbocycles. The third kappa shape index (κ3) is 6.43. The van der Waals surface area contributed by atoms with Crippen molar-refractivity contribution in [3.63, 3.8) is 0 Å². The zero-order valence-electron chi connectivity index (χ0n) is 8.80. The van der Waals surface area contributed by atoms with Gasteiger partial charge in [0.1, 0.15) is 6.10 Å². The molecule has 0 N–H and O–H groups in total. The topological polar surface area (TPSA) is 27.7 Å².